The molecule has 0 aliphatic carbocycles. The molecular formula is C14H14FN3O. The van der Waals surface area contributed by atoms with E-state index in [4.69, 9.17) is 4.74 Å². The Morgan fingerprint density at radius 2 is 2.26 bits per heavy atom. The van der Waals surface area contributed by atoms with Crippen LogP contribution in [0.3, 0.4) is 0 Å². The summed E-state index contributed by atoms with van der Waals surface area (Å²) in [5.41, 5.74) is 3.39. The number of fused-ring (bicyclic) bond motifs is 1. The Kier molecular flexibility index (Phi) is 2.74. The van der Waals surface area contributed by atoms with Crippen molar-refractivity contribution in [2.24, 2.45) is 0 Å². The zero-order valence-electron chi connectivity index (χ0n) is 10.8. The predicted molar refractivity (Wildman–Crippen MR) is 71.0 cm³/mol. The van der Waals surface area contributed by atoms with Gasteiger partial charge in [0.15, 0.2) is 0 Å². The summed E-state index contributed by atoms with van der Waals surface area (Å²) in [6, 6.07) is 3.08. The molecule has 3 heterocycles. The van der Waals surface area contributed by atoms with E-state index in [1.807, 2.05) is 19.2 Å². The minimum atomic E-state index is -0.275. The Balaban J connectivity index is 2.13. The number of methoxy groups -OCH3 is 1. The minimum Gasteiger partial charge on any atom is -0.499 e. The molecule has 4 nitrogen and oxygen atoms in total. The highest BCUT2D eigenvalue weighted by Crippen LogP contribution is 2.23. The maximum atomic E-state index is 13.3. The highest BCUT2D eigenvalue weighted by Gasteiger charge is 2.14. The van der Waals surface area contributed by atoms with E-state index in [0.717, 1.165) is 28.4 Å². The summed E-state index contributed by atoms with van der Waals surface area (Å²) in [5.74, 6) is 0.573. The van der Waals surface area contributed by atoms with Gasteiger partial charge in [0.25, 0.3) is 0 Å². The van der Waals surface area contributed by atoms with Gasteiger partial charge >= 0.3 is 0 Å². The molecule has 1 N–H and O–H groups in total. The van der Waals surface area contributed by atoms with Crippen molar-refractivity contribution >= 4 is 11.2 Å². The lowest BCUT2D eigenvalue weighted by atomic mass is 10.1. The van der Waals surface area contributed by atoms with Gasteiger partial charge in [0.2, 0.25) is 0 Å². The second-order valence-electron chi connectivity index (χ2n) is 4.42. The molecule has 3 rings (SSSR count). The number of ether oxygens (including phenoxy) is 1. The normalized spacial score (nSPS) is 14.9. The number of allylic oxidation sites excluding steroid dienone is 2. The zero-order valence-corrected chi connectivity index (χ0v) is 10.8. The molecule has 0 bridgehead atoms. The zero-order chi connectivity index (χ0) is 13.4. The first-order valence-electron chi connectivity index (χ1n) is 6.02. The van der Waals surface area contributed by atoms with Crippen molar-refractivity contribution in [1.29, 1.82) is 0 Å². The van der Waals surface area contributed by atoms with E-state index in [1.165, 1.54) is 12.3 Å². The molecule has 0 amide bonds. The molecule has 2 aromatic rings. The highest BCUT2D eigenvalue weighted by atomic mass is 19.1. The fourth-order valence-electron chi connectivity index (χ4n) is 2.21. The summed E-state index contributed by atoms with van der Waals surface area (Å²) in [5, 5.41) is 3.14. The van der Waals surface area contributed by atoms with Crippen LogP contribution in [0.5, 0.6) is 0 Å². The van der Waals surface area contributed by atoms with E-state index >= 15 is 0 Å². The molecule has 0 aromatic carbocycles. The number of halogens is 1. The van der Waals surface area contributed by atoms with Gasteiger partial charge in [0.1, 0.15) is 17.2 Å². The van der Waals surface area contributed by atoms with Gasteiger partial charge in [-0.05, 0) is 25.1 Å². The van der Waals surface area contributed by atoms with E-state index < -0.39 is 0 Å². The summed E-state index contributed by atoms with van der Waals surface area (Å²) in [7, 11) is 1.64. The number of nitrogens with one attached hydrogen (secondary N) is 1. The van der Waals surface area contributed by atoms with Crippen LogP contribution in [0.2, 0.25) is 0 Å². The van der Waals surface area contributed by atoms with Crippen LogP contribution in [0, 0.1) is 12.7 Å². The average Bonchev–Trinajstić information content (AvgIpc) is 2.76. The first-order chi connectivity index (χ1) is 9.19. The molecule has 0 unspecified atom stereocenters. The smallest absolute Gasteiger partial charge is 0.139 e. The molecule has 0 saturated heterocycles. The van der Waals surface area contributed by atoms with Crippen LogP contribution in [-0.4, -0.2) is 23.0 Å². The fraction of sp³-hybridized carbons (Fsp3) is 0.214. The Hall–Kier alpha value is -2.30. The molecular weight excluding hydrogens is 245 g/mol. The maximum absolute atomic E-state index is 13.3. The van der Waals surface area contributed by atoms with Gasteiger partial charge in [-0.25, -0.2) is 9.37 Å². The molecule has 2 aromatic heterocycles. The van der Waals surface area contributed by atoms with Crippen LogP contribution < -0.4 is 5.32 Å². The van der Waals surface area contributed by atoms with Crippen molar-refractivity contribution in [3.63, 3.8) is 0 Å². The summed E-state index contributed by atoms with van der Waals surface area (Å²) in [6.07, 6.45) is 5.29. The van der Waals surface area contributed by atoms with E-state index in [-0.39, 0.29) is 5.82 Å². The molecule has 0 radical (unpaired) electrons. The molecule has 0 fully saturated rings. The van der Waals surface area contributed by atoms with Crippen LogP contribution in [0.15, 0.2) is 36.4 Å². The van der Waals surface area contributed by atoms with Crippen molar-refractivity contribution in [3.05, 3.63) is 53.6 Å². The number of aryl methyl sites for hydroxylation is 1. The summed E-state index contributed by atoms with van der Waals surface area (Å²) in [6.45, 7) is 2.59. The summed E-state index contributed by atoms with van der Waals surface area (Å²) in [4.78, 5) is 4.53. The van der Waals surface area contributed by atoms with E-state index in [1.54, 1.807) is 17.6 Å². The third-order valence-corrected chi connectivity index (χ3v) is 3.21. The highest BCUT2D eigenvalue weighted by molar-refractivity contribution is 5.76. The van der Waals surface area contributed by atoms with Gasteiger partial charge in [0, 0.05) is 23.7 Å². The third kappa shape index (κ3) is 1.97. The average molecular weight is 259 g/mol. The monoisotopic (exact) mass is 259 g/mol. The maximum Gasteiger partial charge on any atom is 0.139 e. The van der Waals surface area contributed by atoms with Gasteiger partial charge in [-0.2, -0.15) is 0 Å². The lowest BCUT2D eigenvalue weighted by molar-refractivity contribution is 0.282. The van der Waals surface area contributed by atoms with Crippen molar-refractivity contribution in [1.82, 2.24) is 14.7 Å². The topological polar surface area (TPSA) is 38.6 Å². The Morgan fingerprint density at radius 3 is 3.05 bits per heavy atom. The quantitative estimate of drug-likeness (QED) is 0.899. The van der Waals surface area contributed by atoms with Gasteiger partial charge in [-0.15, -0.1) is 0 Å². The summed E-state index contributed by atoms with van der Waals surface area (Å²) >= 11 is 0. The molecule has 0 saturated carbocycles. The van der Waals surface area contributed by atoms with Gasteiger partial charge in [-0.1, -0.05) is 0 Å². The van der Waals surface area contributed by atoms with Crippen LogP contribution in [-0.2, 0) is 4.74 Å². The minimum absolute atomic E-state index is 0.275. The molecule has 98 valence electrons. The van der Waals surface area contributed by atoms with Crippen molar-refractivity contribution in [2.75, 3.05) is 13.7 Å². The lowest BCUT2D eigenvalue weighted by Crippen LogP contribution is -2.16. The van der Waals surface area contributed by atoms with Crippen LogP contribution in [0.25, 0.3) is 11.2 Å². The number of imidazole rings is 1. The number of rotatable bonds is 2. The van der Waals surface area contributed by atoms with Gasteiger partial charge in [-0.3, -0.25) is 0 Å². The van der Waals surface area contributed by atoms with Crippen LogP contribution in [0.4, 0.5) is 4.39 Å². The largest absolute Gasteiger partial charge is 0.499 e. The molecule has 0 spiro atoms. The van der Waals surface area contributed by atoms with Gasteiger partial charge in [0.05, 0.1) is 19.3 Å². The van der Waals surface area contributed by atoms with Crippen molar-refractivity contribution in [3.8, 4) is 0 Å². The number of nitrogens with zero attached hydrogens (tertiary/aromatic N) is 2. The fourth-order valence-corrected chi connectivity index (χ4v) is 2.21. The van der Waals surface area contributed by atoms with E-state index in [0.29, 0.717) is 6.54 Å². The van der Waals surface area contributed by atoms with Crippen molar-refractivity contribution in [2.45, 2.75) is 6.92 Å². The molecule has 19 heavy (non-hydrogen) atoms. The number of pyridine rings is 1. The first kappa shape index (κ1) is 11.8. The SMILES string of the molecule is COC1=CC(c2nc3ccc(F)cn3c2C)=CNC1. The molecule has 5 heteroatoms. The number of hydrogen-bond donors (Lipinski definition) is 1. The van der Waals surface area contributed by atoms with Gasteiger partial charge < -0.3 is 14.5 Å². The predicted octanol–water partition coefficient (Wildman–Crippen LogP) is 2.26. The molecule has 1 aliphatic heterocycles. The Morgan fingerprint density at radius 1 is 1.42 bits per heavy atom. The third-order valence-electron chi connectivity index (χ3n) is 3.21. The van der Waals surface area contributed by atoms with E-state index in [9.17, 15) is 4.39 Å². The first-order valence-corrected chi connectivity index (χ1v) is 6.02. The second kappa shape index (κ2) is 4.42. The number of hydrogen-bond acceptors (Lipinski definition) is 3. The molecule has 0 atom stereocenters. The second-order valence-corrected chi connectivity index (χ2v) is 4.42. The molecule has 1 aliphatic rings. The lowest BCUT2D eigenvalue weighted by Gasteiger charge is -2.13. The Labute approximate surface area is 110 Å². The summed E-state index contributed by atoms with van der Waals surface area (Å²) < 4.78 is 20.3. The van der Waals surface area contributed by atoms with Crippen molar-refractivity contribution < 1.29 is 9.13 Å². The Bertz CT molecular complexity index is 700. The standard InChI is InChI=1S/C14H14FN3O/c1-9-14(10-5-12(19-2)7-16-6-10)17-13-4-3-11(15)8-18(9)13/h3-6,8,16H,7H2,1-2H3. The number of aromatic nitrogens is 2. The van der Waals surface area contributed by atoms with Crippen LogP contribution in [0.1, 0.15) is 11.4 Å². The number of dihydropyridines is 1. The van der Waals surface area contributed by atoms with Crippen LogP contribution >= 0.6 is 0 Å². The van der Waals surface area contributed by atoms with E-state index in [2.05, 4.69) is 10.3 Å².